The van der Waals surface area contributed by atoms with Crippen LogP contribution in [-0.2, 0) is 19.1 Å². The molecule has 9 nitrogen and oxygen atoms in total. The maximum Gasteiger partial charge on any atom is 0.437 e. The summed E-state index contributed by atoms with van der Waals surface area (Å²) < 4.78 is 47.8. The van der Waals surface area contributed by atoms with E-state index in [2.05, 4.69) is 30.5 Å². The van der Waals surface area contributed by atoms with Crippen molar-refractivity contribution < 1.29 is 22.5 Å². The Hall–Kier alpha value is -4.13. The van der Waals surface area contributed by atoms with E-state index >= 15 is 0 Å². The van der Waals surface area contributed by atoms with E-state index in [0.717, 1.165) is 4.68 Å². The molecular formula is C23H18F3N7O2S. The summed E-state index contributed by atoms with van der Waals surface area (Å²) >= 11 is 1.34. The van der Waals surface area contributed by atoms with Crippen molar-refractivity contribution in [1.29, 1.82) is 0 Å². The fourth-order valence-electron chi connectivity index (χ4n) is 3.68. The number of nitrogens with zero attached hydrogens (tertiary/aromatic N) is 6. The number of carbonyl (C=O) groups is 1. The molecule has 0 aliphatic rings. The maximum absolute atomic E-state index is 13.9. The van der Waals surface area contributed by atoms with Crippen LogP contribution in [0.4, 0.5) is 18.9 Å². The van der Waals surface area contributed by atoms with Gasteiger partial charge >= 0.3 is 6.18 Å². The zero-order valence-electron chi connectivity index (χ0n) is 19.0. The second kappa shape index (κ2) is 9.15. The summed E-state index contributed by atoms with van der Waals surface area (Å²) in [6.45, 7) is 3.10. The molecule has 1 N–H and O–H groups in total. The molecule has 13 heteroatoms. The SMILES string of the molecule is CCc1nc(Cn2nc(C(F)(F)F)c(NC(=O)c3cc(-c4nccs4)nc4ccccc34)c2C)no1. The van der Waals surface area contributed by atoms with Gasteiger partial charge in [-0.25, -0.2) is 9.97 Å². The Kier molecular flexibility index (Phi) is 6.00. The minimum absolute atomic E-state index is 0.0945. The molecule has 0 saturated heterocycles. The van der Waals surface area contributed by atoms with Gasteiger partial charge in [0.2, 0.25) is 5.89 Å². The Balaban J connectivity index is 1.55. The molecule has 0 fully saturated rings. The third-order valence-corrected chi connectivity index (χ3v) is 6.23. The Morgan fingerprint density at radius 1 is 1.22 bits per heavy atom. The fraction of sp³-hybridized carbons (Fsp3) is 0.217. The van der Waals surface area contributed by atoms with Crippen LogP contribution in [0.2, 0.25) is 0 Å². The fourth-order valence-corrected chi connectivity index (χ4v) is 4.28. The number of thiazole rings is 1. The van der Waals surface area contributed by atoms with E-state index in [0.29, 0.717) is 33.9 Å². The zero-order chi connectivity index (χ0) is 25.4. The van der Waals surface area contributed by atoms with E-state index in [4.69, 9.17) is 4.52 Å². The summed E-state index contributed by atoms with van der Waals surface area (Å²) in [6, 6.07) is 8.42. The van der Waals surface area contributed by atoms with Gasteiger partial charge in [-0.2, -0.15) is 23.3 Å². The summed E-state index contributed by atoms with van der Waals surface area (Å²) in [6.07, 6.45) is -2.71. The van der Waals surface area contributed by atoms with E-state index in [-0.39, 0.29) is 23.6 Å². The molecule has 0 unspecified atom stereocenters. The number of amides is 1. The Morgan fingerprint density at radius 3 is 2.72 bits per heavy atom. The average Bonchev–Trinajstić information content (AvgIpc) is 3.61. The van der Waals surface area contributed by atoms with Crippen LogP contribution < -0.4 is 5.32 Å². The molecule has 184 valence electrons. The lowest BCUT2D eigenvalue weighted by atomic mass is 10.1. The molecule has 0 radical (unpaired) electrons. The second-order valence-electron chi connectivity index (χ2n) is 7.79. The molecule has 36 heavy (non-hydrogen) atoms. The molecule has 0 atom stereocenters. The Labute approximate surface area is 206 Å². The van der Waals surface area contributed by atoms with Crippen molar-refractivity contribution in [3.8, 4) is 10.7 Å². The van der Waals surface area contributed by atoms with Crippen molar-refractivity contribution in [3.63, 3.8) is 0 Å². The van der Waals surface area contributed by atoms with E-state index < -0.39 is 23.5 Å². The van der Waals surface area contributed by atoms with Gasteiger partial charge in [-0.3, -0.25) is 9.48 Å². The van der Waals surface area contributed by atoms with Gasteiger partial charge in [0.15, 0.2) is 11.5 Å². The quantitative estimate of drug-likeness (QED) is 0.335. The largest absolute Gasteiger partial charge is 0.437 e. The van der Waals surface area contributed by atoms with Crippen molar-refractivity contribution >= 4 is 33.8 Å². The van der Waals surface area contributed by atoms with Crippen molar-refractivity contribution in [3.05, 3.63) is 70.6 Å². The summed E-state index contributed by atoms with van der Waals surface area (Å²) in [5.74, 6) is -0.190. The molecule has 5 rings (SSSR count). The van der Waals surface area contributed by atoms with E-state index in [1.807, 2.05) is 6.92 Å². The van der Waals surface area contributed by atoms with Crippen molar-refractivity contribution in [2.75, 3.05) is 5.32 Å². The molecule has 4 aromatic heterocycles. The summed E-state index contributed by atoms with van der Waals surface area (Å²) in [7, 11) is 0. The normalized spacial score (nSPS) is 11.8. The molecule has 1 amide bonds. The molecular weight excluding hydrogens is 495 g/mol. The van der Waals surface area contributed by atoms with Crippen LogP contribution in [0, 0.1) is 6.92 Å². The summed E-state index contributed by atoms with van der Waals surface area (Å²) in [5, 5.41) is 12.8. The average molecular weight is 514 g/mol. The van der Waals surface area contributed by atoms with Crippen LogP contribution in [0.5, 0.6) is 0 Å². The monoisotopic (exact) mass is 513 g/mol. The standard InChI is InChI=1S/C23H18F3N7O2S/c1-3-18-29-17(32-35-18)11-33-12(2)19(20(31-33)23(24,25)26)30-21(34)14-10-16(22-27-8-9-36-22)28-15-7-5-4-6-13(14)15/h4-10H,3,11H2,1-2H3,(H,30,34). The lowest BCUT2D eigenvalue weighted by molar-refractivity contribution is -0.140. The van der Waals surface area contributed by atoms with Crippen LogP contribution in [0.1, 0.15) is 40.4 Å². The molecule has 0 spiro atoms. The molecule has 0 aliphatic carbocycles. The number of fused-ring (bicyclic) bond motifs is 1. The second-order valence-corrected chi connectivity index (χ2v) is 8.68. The van der Waals surface area contributed by atoms with Crippen molar-refractivity contribution in [1.82, 2.24) is 29.9 Å². The zero-order valence-corrected chi connectivity index (χ0v) is 19.8. The number of benzene rings is 1. The highest BCUT2D eigenvalue weighted by molar-refractivity contribution is 7.13. The van der Waals surface area contributed by atoms with Gasteiger partial charge in [-0.1, -0.05) is 30.3 Å². The number of halogens is 3. The number of aromatic nitrogens is 6. The van der Waals surface area contributed by atoms with Gasteiger partial charge in [-0.05, 0) is 19.1 Å². The van der Waals surface area contributed by atoms with Crippen LogP contribution in [0.15, 0.2) is 46.4 Å². The molecule has 0 bridgehead atoms. The highest BCUT2D eigenvalue weighted by atomic mass is 32.1. The van der Waals surface area contributed by atoms with Gasteiger partial charge in [0.25, 0.3) is 5.91 Å². The number of aryl methyl sites for hydroxylation is 1. The first-order valence-electron chi connectivity index (χ1n) is 10.8. The maximum atomic E-state index is 13.9. The number of pyridine rings is 1. The number of rotatable bonds is 6. The highest BCUT2D eigenvalue weighted by Gasteiger charge is 2.39. The smallest absolute Gasteiger partial charge is 0.339 e. The van der Waals surface area contributed by atoms with Crippen LogP contribution in [0.3, 0.4) is 0 Å². The van der Waals surface area contributed by atoms with Crippen LogP contribution in [0.25, 0.3) is 21.6 Å². The van der Waals surface area contributed by atoms with E-state index in [9.17, 15) is 18.0 Å². The van der Waals surface area contributed by atoms with Crippen molar-refractivity contribution in [2.45, 2.75) is 33.0 Å². The van der Waals surface area contributed by atoms with Gasteiger partial charge in [0.05, 0.1) is 22.5 Å². The molecule has 4 heterocycles. The number of para-hydroxylation sites is 1. The predicted octanol–water partition coefficient (Wildman–Crippen LogP) is 5.13. The number of anilines is 1. The first-order valence-corrected chi connectivity index (χ1v) is 11.7. The van der Waals surface area contributed by atoms with Gasteiger partial charge in [0.1, 0.15) is 17.2 Å². The lowest BCUT2D eigenvalue weighted by Gasteiger charge is -2.11. The number of carbonyl (C=O) groups excluding carboxylic acids is 1. The number of hydrogen-bond donors (Lipinski definition) is 1. The predicted molar refractivity (Wildman–Crippen MR) is 126 cm³/mol. The van der Waals surface area contributed by atoms with Gasteiger partial charge < -0.3 is 9.84 Å². The number of alkyl halides is 3. The minimum atomic E-state index is -4.81. The third-order valence-electron chi connectivity index (χ3n) is 5.43. The van der Waals surface area contributed by atoms with E-state index in [1.54, 1.807) is 35.8 Å². The number of hydrogen-bond acceptors (Lipinski definition) is 8. The lowest BCUT2D eigenvalue weighted by Crippen LogP contribution is -2.17. The van der Waals surface area contributed by atoms with Crippen molar-refractivity contribution in [2.24, 2.45) is 0 Å². The van der Waals surface area contributed by atoms with Gasteiger partial charge in [-0.15, -0.1) is 11.3 Å². The minimum Gasteiger partial charge on any atom is -0.339 e. The highest BCUT2D eigenvalue weighted by Crippen LogP contribution is 2.36. The van der Waals surface area contributed by atoms with Crippen LogP contribution >= 0.6 is 11.3 Å². The first-order chi connectivity index (χ1) is 17.2. The molecule has 0 aliphatic heterocycles. The Bertz CT molecular complexity index is 1560. The molecule has 5 aromatic rings. The topological polar surface area (TPSA) is 112 Å². The summed E-state index contributed by atoms with van der Waals surface area (Å²) in [4.78, 5) is 26.3. The third kappa shape index (κ3) is 4.44. The number of nitrogens with one attached hydrogen (secondary N) is 1. The van der Waals surface area contributed by atoms with Crippen LogP contribution in [-0.4, -0.2) is 35.8 Å². The Morgan fingerprint density at radius 2 is 2.03 bits per heavy atom. The van der Waals surface area contributed by atoms with E-state index in [1.165, 1.54) is 24.3 Å². The van der Waals surface area contributed by atoms with Gasteiger partial charge in [0, 0.05) is 23.4 Å². The molecule has 1 aromatic carbocycles. The first kappa shape index (κ1) is 23.6. The molecule has 0 saturated carbocycles. The summed E-state index contributed by atoms with van der Waals surface area (Å²) in [5.41, 5.74) is -0.438.